The van der Waals surface area contributed by atoms with E-state index in [9.17, 15) is 0 Å². The van der Waals surface area contributed by atoms with E-state index in [1.165, 1.54) is 36.0 Å². The molecular formula is C19H23NO. The molecule has 1 aliphatic rings. The molecule has 0 fully saturated rings. The number of methoxy groups -OCH3 is 1. The number of para-hydroxylation sites is 1. The van der Waals surface area contributed by atoms with Crippen molar-refractivity contribution in [3.8, 4) is 5.75 Å². The first-order chi connectivity index (χ1) is 10.1. The Hall–Kier alpha value is -1.80. The van der Waals surface area contributed by atoms with E-state index >= 15 is 0 Å². The van der Waals surface area contributed by atoms with Crippen LogP contribution in [0.2, 0.25) is 0 Å². The van der Waals surface area contributed by atoms with Crippen molar-refractivity contribution in [2.45, 2.75) is 38.1 Å². The molecule has 1 unspecified atom stereocenters. The van der Waals surface area contributed by atoms with E-state index < -0.39 is 5.54 Å². The summed E-state index contributed by atoms with van der Waals surface area (Å²) in [5.74, 6) is 0.865. The molecule has 0 radical (unpaired) electrons. The van der Waals surface area contributed by atoms with Gasteiger partial charge in [0.15, 0.2) is 0 Å². The topological polar surface area (TPSA) is 35.2 Å². The molecule has 0 spiro atoms. The second kappa shape index (κ2) is 5.53. The standard InChI is InChI=1S/C19H23NO/c1-19(20,17-8-3-4-9-18(17)21-2)13-14-10-11-15-6-5-7-16(15)12-14/h3-4,8-12H,5-7,13,20H2,1-2H3. The van der Waals surface area contributed by atoms with E-state index in [4.69, 9.17) is 10.5 Å². The molecule has 2 nitrogen and oxygen atoms in total. The van der Waals surface area contributed by atoms with E-state index in [2.05, 4.69) is 31.2 Å². The van der Waals surface area contributed by atoms with E-state index in [0.29, 0.717) is 0 Å². The molecule has 0 amide bonds. The Balaban J connectivity index is 1.89. The molecule has 2 N–H and O–H groups in total. The summed E-state index contributed by atoms with van der Waals surface area (Å²) in [6, 6.07) is 14.9. The van der Waals surface area contributed by atoms with Gasteiger partial charge in [-0.05, 0) is 55.4 Å². The highest BCUT2D eigenvalue weighted by Gasteiger charge is 2.25. The molecule has 1 aliphatic carbocycles. The predicted molar refractivity (Wildman–Crippen MR) is 86.7 cm³/mol. The van der Waals surface area contributed by atoms with Crippen molar-refractivity contribution in [2.24, 2.45) is 5.73 Å². The van der Waals surface area contributed by atoms with E-state index in [1.807, 2.05) is 18.2 Å². The van der Waals surface area contributed by atoms with Gasteiger partial charge in [0, 0.05) is 11.1 Å². The smallest absolute Gasteiger partial charge is 0.123 e. The zero-order chi connectivity index (χ0) is 14.9. The highest BCUT2D eigenvalue weighted by atomic mass is 16.5. The van der Waals surface area contributed by atoms with Crippen LogP contribution in [0.3, 0.4) is 0 Å². The Morgan fingerprint density at radius 2 is 1.86 bits per heavy atom. The Labute approximate surface area is 126 Å². The molecule has 0 bridgehead atoms. The van der Waals surface area contributed by atoms with E-state index in [-0.39, 0.29) is 0 Å². The maximum absolute atomic E-state index is 6.61. The van der Waals surface area contributed by atoms with Gasteiger partial charge < -0.3 is 10.5 Å². The van der Waals surface area contributed by atoms with Gasteiger partial charge in [0.2, 0.25) is 0 Å². The lowest BCUT2D eigenvalue weighted by Gasteiger charge is -2.27. The molecule has 0 aliphatic heterocycles. The van der Waals surface area contributed by atoms with Crippen LogP contribution in [-0.2, 0) is 24.8 Å². The summed E-state index contributed by atoms with van der Waals surface area (Å²) in [4.78, 5) is 0. The van der Waals surface area contributed by atoms with E-state index in [0.717, 1.165) is 17.7 Å². The lowest BCUT2D eigenvalue weighted by atomic mass is 9.85. The van der Waals surface area contributed by atoms with E-state index in [1.54, 1.807) is 7.11 Å². The van der Waals surface area contributed by atoms with Crippen molar-refractivity contribution >= 4 is 0 Å². The largest absolute Gasteiger partial charge is 0.496 e. The second-order valence-corrected chi connectivity index (χ2v) is 6.25. The third-order valence-corrected chi connectivity index (χ3v) is 4.46. The van der Waals surface area contributed by atoms with Crippen molar-refractivity contribution in [3.63, 3.8) is 0 Å². The zero-order valence-electron chi connectivity index (χ0n) is 12.9. The van der Waals surface area contributed by atoms with Crippen molar-refractivity contribution in [2.75, 3.05) is 7.11 Å². The van der Waals surface area contributed by atoms with Gasteiger partial charge in [0.05, 0.1) is 7.11 Å². The molecule has 0 aromatic heterocycles. The van der Waals surface area contributed by atoms with Crippen LogP contribution in [-0.4, -0.2) is 7.11 Å². The molecule has 110 valence electrons. The number of nitrogens with two attached hydrogens (primary N) is 1. The average Bonchev–Trinajstić information content (AvgIpc) is 2.94. The number of fused-ring (bicyclic) bond motifs is 1. The predicted octanol–water partition coefficient (Wildman–Crippen LogP) is 3.60. The number of rotatable bonds is 4. The summed E-state index contributed by atoms with van der Waals surface area (Å²) in [6.07, 6.45) is 4.53. The van der Waals surface area contributed by atoms with Crippen molar-refractivity contribution < 1.29 is 4.74 Å². The first-order valence-corrected chi connectivity index (χ1v) is 7.63. The van der Waals surface area contributed by atoms with Gasteiger partial charge >= 0.3 is 0 Å². The number of hydrogen-bond donors (Lipinski definition) is 1. The molecule has 2 aromatic rings. The quantitative estimate of drug-likeness (QED) is 0.929. The number of ether oxygens (including phenoxy) is 1. The Bertz CT molecular complexity index is 646. The first-order valence-electron chi connectivity index (χ1n) is 7.63. The summed E-state index contributed by atoms with van der Waals surface area (Å²) in [7, 11) is 1.70. The van der Waals surface area contributed by atoms with Gasteiger partial charge in [-0.25, -0.2) is 0 Å². The van der Waals surface area contributed by atoms with Gasteiger partial charge in [-0.3, -0.25) is 0 Å². The third-order valence-electron chi connectivity index (χ3n) is 4.46. The fraction of sp³-hybridized carbons (Fsp3) is 0.368. The molecule has 0 saturated carbocycles. The minimum atomic E-state index is -0.431. The number of hydrogen-bond acceptors (Lipinski definition) is 2. The molecule has 21 heavy (non-hydrogen) atoms. The van der Waals surface area contributed by atoms with Crippen LogP contribution in [0.15, 0.2) is 42.5 Å². The second-order valence-electron chi connectivity index (χ2n) is 6.25. The highest BCUT2D eigenvalue weighted by molar-refractivity contribution is 5.41. The van der Waals surface area contributed by atoms with Gasteiger partial charge in [0.1, 0.15) is 5.75 Å². The first kappa shape index (κ1) is 14.2. The normalized spacial score (nSPS) is 16.3. The molecule has 1 atom stereocenters. The van der Waals surface area contributed by atoms with Gasteiger partial charge in [-0.2, -0.15) is 0 Å². The molecule has 0 saturated heterocycles. The van der Waals surface area contributed by atoms with Crippen molar-refractivity contribution in [3.05, 3.63) is 64.7 Å². The molecule has 2 heteroatoms. The summed E-state index contributed by atoms with van der Waals surface area (Å²) >= 11 is 0. The number of benzene rings is 2. The summed E-state index contributed by atoms with van der Waals surface area (Å²) in [6.45, 7) is 2.08. The van der Waals surface area contributed by atoms with Crippen LogP contribution in [0.4, 0.5) is 0 Å². The maximum Gasteiger partial charge on any atom is 0.123 e. The molecule has 0 heterocycles. The zero-order valence-corrected chi connectivity index (χ0v) is 12.9. The van der Waals surface area contributed by atoms with Crippen LogP contribution in [0.25, 0.3) is 0 Å². The molecular weight excluding hydrogens is 258 g/mol. The van der Waals surface area contributed by atoms with Gasteiger partial charge in [-0.15, -0.1) is 0 Å². The molecule has 3 rings (SSSR count). The van der Waals surface area contributed by atoms with Crippen LogP contribution in [0.5, 0.6) is 5.75 Å². The highest BCUT2D eigenvalue weighted by Crippen LogP contribution is 2.32. The Kier molecular flexibility index (Phi) is 3.73. The van der Waals surface area contributed by atoms with Gasteiger partial charge in [-0.1, -0.05) is 36.4 Å². The van der Waals surface area contributed by atoms with Crippen molar-refractivity contribution in [1.29, 1.82) is 0 Å². The lowest BCUT2D eigenvalue weighted by Crippen LogP contribution is -2.35. The third kappa shape index (κ3) is 2.81. The number of aryl methyl sites for hydroxylation is 2. The monoisotopic (exact) mass is 281 g/mol. The van der Waals surface area contributed by atoms with Crippen LogP contribution in [0, 0.1) is 0 Å². The minimum Gasteiger partial charge on any atom is -0.496 e. The minimum absolute atomic E-state index is 0.431. The van der Waals surface area contributed by atoms with Crippen molar-refractivity contribution in [1.82, 2.24) is 0 Å². The van der Waals surface area contributed by atoms with Crippen LogP contribution in [0.1, 0.15) is 35.6 Å². The van der Waals surface area contributed by atoms with Gasteiger partial charge in [0.25, 0.3) is 0 Å². The SMILES string of the molecule is COc1ccccc1C(C)(N)Cc1ccc2c(c1)CCC2. The fourth-order valence-electron chi connectivity index (χ4n) is 3.37. The lowest BCUT2D eigenvalue weighted by molar-refractivity contribution is 0.386. The summed E-state index contributed by atoms with van der Waals surface area (Å²) < 4.78 is 5.46. The summed E-state index contributed by atoms with van der Waals surface area (Å²) in [5, 5.41) is 0. The fourth-order valence-corrected chi connectivity index (χ4v) is 3.37. The summed E-state index contributed by atoms with van der Waals surface area (Å²) in [5.41, 5.74) is 11.6. The Morgan fingerprint density at radius 1 is 1.10 bits per heavy atom. The Morgan fingerprint density at radius 3 is 2.67 bits per heavy atom. The maximum atomic E-state index is 6.61. The molecule has 2 aromatic carbocycles. The van der Waals surface area contributed by atoms with Crippen LogP contribution >= 0.6 is 0 Å². The van der Waals surface area contributed by atoms with Crippen LogP contribution < -0.4 is 10.5 Å². The average molecular weight is 281 g/mol.